The zero-order chi connectivity index (χ0) is 49.6. The predicted molar refractivity (Wildman–Crippen MR) is 315 cm³/mol. The Morgan fingerprint density at radius 2 is 0.892 bits per heavy atom. The molecule has 1 heteroatoms. The number of benzene rings is 11. The topological polar surface area (TPSA) is 3.24 Å². The van der Waals surface area contributed by atoms with E-state index in [4.69, 9.17) is 0 Å². The first-order valence-electron chi connectivity index (χ1n) is 26.3. The maximum absolute atomic E-state index is 2.57. The number of para-hydroxylation sites is 2. The number of anilines is 3. The first-order valence-corrected chi connectivity index (χ1v) is 26.3. The van der Waals surface area contributed by atoms with Crippen molar-refractivity contribution in [1.82, 2.24) is 0 Å². The van der Waals surface area contributed by atoms with Gasteiger partial charge in [-0.2, -0.15) is 0 Å². The van der Waals surface area contributed by atoms with Crippen molar-refractivity contribution in [1.29, 1.82) is 0 Å². The molecule has 11 aromatic rings. The van der Waals surface area contributed by atoms with E-state index in [1.807, 2.05) is 13.8 Å². The lowest BCUT2D eigenvalue weighted by molar-refractivity contribution is 0.752. The first kappa shape index (κ1) is 44.9. The molecule has 0 radical (unpaired) electrons. The Morgan fingerprint density at radius 3 is 1.53 bits per heavy atom. The summed E-state index contributed by atoms with van der Waals surface area (Å²) in [6, 6.07) is 91.1. The molecule has 14 rings (SSSR count). The van der Waals surface area contributed by atoms with Gasteiger partial charge in [-0.1, -0.05) is 238 Å². The summed E-state index contributed by atoms with van der Waals surface area (Å²) in [5.41, 5.74) is 20.3. The largest absolute Gasteiger partial charge is 0.310 e. The zero-order valence-electron chi connectivity index (χ0n) is 41.8. The quantitative estimate of drug-likeness (QED) is 0.155. The van der Waals surface area contributed by atoms with Crippen LogP contribution in [0.2, 0.25) is 0 Å². The van der Waals surface area contributed by atoms with Gasteiger partial charge in [0.1, 0.15) is 0 Å². The van der Waals surface area contributed by atoms with Gasteiger partial charge in [0.25, 0.3) is 0 Å². The minimum absolute atomic E-state index is 0.680. The molecule has 74 heavy (non-hydrogen) atoms. The van der Waals surface area contributed by atoms with Crippen molar-refractivity contribution in [2.75, 3.05) is 4.90 Å². The van der Waals surface area contributed by atoms with Crippen LogP contribution in [0.25, 0.3) is 77.7 Å². The monoisotopic (exact) mass is 945 g/mol. The van der Waals surface area contributed by atoms with E-state index in [1.54, 1.807) is 0 Å². The predicted octanol–water partition coefficient (Wildman–Crippen LogP) is 18.1. The second-order valence-corrected chi connectivity index (χ2v) is 19.4. The fourth-order valence-electron chi connectivity index (χ4n) is 12.4. The van der Waals surface area contributed by atoms with Crippen LogP contribution < -0.4 is 15.3 Å². The number of nitrogens with zero attached hydrogens (tertiary/aromatic N) is 1. The van der Waals surface area contributed by atoms with Crippen molar-refractivity contribution >= 4 is 50.3 Å². The summed E-state index contributed by atoms with van der Waals surface area (Å²) in [4.78, 5) is 2.54. The van der Waals surface area contributed by atoms with Gasteiger partial charge in [0, 0.05) is 5.69 Å². The standard InChI is InChI=1S/C71H49N.C2H6/c1-2-6-26-50-27-12-15-31-58(50)59(30-11-3-1)53-38-40-62-63-41-39-54(70-60-32-16-13-28-51(60)42-52-29-14-17-33-61(52)70)47-67(63)71(66(62)46-53)64-34-18-20-36-68(64)72(69-37-21-19-35-65(69)71)57-44-55(48-22-7-4-8-23-48)43-56(45-57)49-24-9-5-10-25-49;1-2/h1-5,7-29,31-47H,6,30H2;1-2H3/b2-1-,11-3-,50-26-,59-58+;. The number of hydrogen-bond acceptors (Lipinski definition) is 1. The van der Waals surface area contributed by atoms with Gasteiger partial charge in [-0.05, 0) is 171 Å². The highest BCUT2D eigenvalue weighted by Gasteiger charge is 2.52. The van der Waals surface area contributed by atoms with Crippen molar-refractivity contribution in [2.24, 2.45) is 0 Å². The molecule has 1 spiro atoms. The van der Waals surface area contributed by atoms with Gasteiger partial charge in [-0.15, -0.1) is 0 Å². The third-order valence-electron chi connectivity index (χ3n) is 15.5. The summed E-state index contributed by atoms with van der Waals surface area (Å²) < 4.78 is 0. The smallest absolute Gasteiger partial charge is 0.0754 e. The van der Waals surface area contributed by atoms with Crippen LogP contribution in [0.15, 0.2) is 267 Å². The first-order chi connectivity index (χ1) is 36.7. The van der Waals surface area contributed by atoms with E-state index in [-0.39, 0.29) is 0 Å². The fourth-order valence-corrected chi connectivity index (χ4v) is 12.4. The highest BCUT2D eigenvalue weighted by Crippen LogP contribution is 2.64. The van der Waals surface area contributed by atoms with Gasteiger partial charge in [0.15, 0.2) is 0 Å². The average molecular weight is 946 g/mol. The molecule has 1 heterocycles. The summed E-state index contributed by atoms with van der Waals surface area (Å²) in [7, 11) is 0. The second kappa shape index (κ2) is 18.9. The summed E-state index contributed by atoms with van der Waals surface area (Å²) in [5, 5.41) is 7.57. The van der Waals surface area contributed by atoms with E-state index in [1.165, 1.54) is 121 Å². The van der Waals surface area contributed by atoms with Crippen LogP contribution in [0.5, 0.6) is 0 Å². The normalized spacial score (nSPS) is 15.8. The van der Waals surface area contributed by atoms with Gasteiger partial charge in [-0.3, -0.25) is 0 Å². The number of allylic oxidation sites excluding steroid dienone is 4. The van der Waals surface area contributed by atoms with Crippen LogP contribution in [0.1, 0.15) is 54.5 Å². The molecule has 0 aromatic heterocycles. The summed E-state index contributed by atoms with van der Waals surface area (Å²) in [6.07, 6.45) is 13.0. The van der Waals surface area contributed by atoms with Crippen LogP contribution in [0, 0.1) is 0 Å². The van der Waals surface area contributed by atoms with Gasteiger partial charge < -0.3 is 4.90 Å². The summed E-state index contributed by atoms with van der Waals surface area (Å²) in [6.45, 7) is 4.00. The van der Waals surface area contributed by atoms with Crippen LogP contribution in [-0.4, -0.2) is 0 Å². The Labute approximate surface area is 434 Å². The molecule has 1 nitrogen and oxygen atoms in total. The molecule has 0 amide bonds. The fraction of sp³-hybridized carbons (Fsp3) is 0.0685. The molecule has 0 saturated carbocycles. The highest BCUT2D eigenvalue weighted by atomic mass is 15.2. The summed E-state index contributed by atoms with van der Waals surface area (Å²) >= 11 is 0. The molecule has 0 atom stereocenters. The molecule has 0 N–H and O–H groups in total. The van der Waals surface area contributed by atoms with Crippen LogP contribution in [0.4, 0.5) is 17.1 Å². The Hall–Kier alpha value is -9.04. The van der Waals surface area contributed by atoms with Gasteiger partial charge in [0.2, 0.25) is 0 Å². The Balaban J connectivity index is 0.00000261. The number of hydrogen-bond donors (Lipinski definition) is 0. The molecule has 352 valence electrons. The van der Waals surface area contributed by atoms with E-state index >= 15 is 0 Å². The lowest BCUT2D eigenvalue weighted by atomic mass is 9.64. The van der Waals surface area contributed by atoms with E-state index in [0.717, 1.165) is 18.5 Å². The maximum atomic E-state index is 2.57. The zero-order valence-corrected chi connectivity index (χ0v) is 41.8. The molecule has 2 aliphatic carbocycles. The molecule has 0 bridgehead atoms. The Kier molecular flexibility index (Phi) is 11.4. The molecule has 0 saturated heterocycles. The average Bonchev–Trinajstić information content (AvgIpc) is 3.78. The van der Waals surface area contributed by atoms with E-state index in [2.05, 4.69) is 278 Å². The van der Waals surface area contributed by atoms with Gasteiger partial charge in [-0.25, -0.2) is 0 Å². The lowest BCUT2D eigenvalue weighted by Crippen LogP contribution is -2.36. The SMILES string of the molecule is C1=C\C/C=c2/cccc/c2=C(\c2ccc3c(c2)C2(c4cc(-c5c6ccccc6cc6ccccc56)ccc4-3)c3ccccc3N(c3cc(-c4ccccc4)cc(-c4ccccc4)c3)c3ccccc32)C\C=C/1.CC. The van der Waals surface area contributed by atoms with Crippen LogP contribution in [0.3, 0.4) is 0 Å². The van der Waals surface area contributed by atoms with Crippen molar-refractivity contribution in [3.63, 3.8) is 0 Å². The molecule has 0 fully saturated rings. The maximum Gasteiger partial charge on any atom is 0.0754 e. The number of rotatable bonds is 5. The second-order valence-electron chi connectivity index (χ2n) is 19.4. The van der Waals surface area contributed by atoms with Gasteiger partial charge in [0.05, 0.1) is 16.8 Å². The Bertz CT molecular complexity index is 4000. The van der Waals surface area contributed by atoms with Gasteiger partial charge >= 0.3 is 0 Å². The molecule has 0 unspecified atom stereocenters. The molecule has 11 aromatic carbocycles. The summed E-state index contributed by atoms with van der Waals surface area (Å²) in [5.74, 6) is 0. The lowest BCUT2D eigenvalue weighted by Gasteiger charge is -2.45. The molecule has 1 aliphatic heterocycles. The number of fused-ring (bicyclic) bond motifs is 12. The minimum Gasteiger partial charge on any atom is -0.310 e. The molecular formula is C73H55N. The third kappa shape index (κ3) is 7.30. The van der Waals surface area contributed by atoms with Crippen molar-refractivity contribution in [3.8, 4) is 44.5 Å². The van der Waals surface area contributed by atoms with Crippen LogP contribution >= 0.6 is 0 Å². The van der Waals surface area contributed by atoms with Crippen molar-refractivity contribution in [2.45, 2.75) is 32.1 Å². The highest BCUT2D eigenvalue weighted by molar-refractivity contribution is 6.13. The van der Waals surface area contributed by atoms with E-state index < -0.39 is 5.41 Å². The third-order valence-corrected chi connectivity index (χ3v) is 15.5. The van der Waals surface area contributed by atoms with Crippen molar-refractivity contribution in [3.05, 3.63) is 305 Å². The van der Waals surface area contributed by atoms with Crippen LogP contribution in [-0.2, 0) is 5.41 Å². The molecular weight excluding hydrogens is 891 g/mol. The molecule has 3 aliphatic rings. The minimum atomic E-state index is -0.680. The van der Waals surface area contributed by atoms with E-state index in [0.29, 0.717) is 0 Å². The van der Waals surface area contributed by atoms with Crippen molar-refractivity contribution < 1.29 is 0 Å². The Morgan fingerprint density at radius 1 is 0.378 bits per heavy atom. The van der Waals surface area contributed by atoms with E-state index in [9.17, 15) is 0 Å².